The van der Waals surface area contributed by atoms with E-state index in [1.54, 1.807) is 16.8 Å². The lowest BCUT2D eigenvalue weighted by Crippen LogP contribution is -2.37. The van der Waals surface area contributed by atoms with Gasteiger partial charge in [-0.15, -0.1) is 0 Å². The molecule has 1 saturated carbocycles. The number of nitrogens with one attached hydrogen (secondary N) is 2. The zero-order chi connectivity index (χ0) is 18.0. The van der Waals surface area contributed by atoms with Crippen LogP contribution >= 0.6 is 0 Å². The van der Waals surface area contributed by atoms with Crippen LogP contribution in [0.25, 0.3) is 0 Å². The first kappa shape index (κ1) is 17.6. The molecule has 0 radical (unpaired) electrons. The molecule has 1 amide bonds. The summed E-state index contributed by atoms with van der Waals surface area (Å²) in [6.45, 7) is 4.02. The maximum absolute atomic E-state index is 13.2. The average Bonchev–Trinajstić information content (AvgIpc) is 2.77. The van der Waals surface area contributed by atoms with Gasteiger partial charge in [0.05, 0.1) is 23.6 Å². The molecule has 1 heterocycles. The smallest absolute Gasteiger partial charge is 0.238 e. The molecule has 5 nitrogen and oxygen atoms in total. The molecule has 0 unspecified atom stereocenters. The highest BCUT2D eigenvalue weighted by Gasteiger charge is 2.28. The fourth-order valence-electron chi connectivity index (χ4n) is 3.34. The molecule has 0 aliphatic heterocycles. The van der Waals surface area contributed by atoms with Crippen LogP contribution in [0.15, 0.2) is 24.3 Å². The van der Waals surface area contributed by atoms with Crippen LogP contribution in [0.3, 0.4) is 0 Å². The lowest BCUT2D eigenvalue weighted by Gasteiger charge is -2.34. The molecule has 0 saturated heterocycles. The highest BCUT2D eigenvalue weighted by molar-refractivity contribution is 5.93. The van der Waals surface area contributed by atoms with Crippen molar-refractivity contribution in [1.29, 1.82) is 0 Å². The molecule has 0 spiro atoms. The van der Waals surface area contributed by atoms with Gasteiger partial charge in [-0.05, 0) is 50.3 Å². The van der Waals surface area contributed by atoms with E-state index in [0.29, 0.717) is 5.92 Å². The number of halogens is 1. The summed E-state index contributed by atoms with van der Waals surface area (Å²) in [6, 6.07) is 6.64. The first-order chi connectivity index (χ1) is 12.0. The number of nitrogens with zero attached hydrogens (tertiary/aromatic N) is 2. The monoisotopic (exact) mass is 344 g/mol. The third kappa shape index (κ3) is 3.90. The number of hydrogen-bond donors (Lipinski definition) is 2. The Morgan fingerprint density at radius 2 is 2.00 bits per heavy atom. The Kier molecular flexibility index (Phi) is 5.18. The van der Waals surface area contributed by atoms with Gasteiger partial charge in [0.1, 0.15) is 5.82 Å². The van der Waals surface area contributed by atoms with E-state index in [1.807, 2.05) is 20.9 Å². The lowest BCUT2D eigenvalue weighted by atomic mass is 9.77. The lowest BCUT2D eigenvalue weighted by molar-refractivity contribution is -0.115. The number of carbonyl (C=O) groups is 1. The number of anilines is 1. The zero-order valence-corrected chi connectivity index (χ0v) is 15.0. The quantitative estimate of drug-likeness (QED) is 0.846. The number of amides is 1. The highest BCUT2D eigenvalue weighted by atomic mass is 19.1. The van der Waals surface area contributed by atoms with Gasteiger partial charge in [-0.3, -0.25) is 9.48 Å². The van der Waals surface area contributed by atoms with Crippen LogP contribution < -0.4 is 10.6 Å². The van der Waals surface area contributed by atoms with Crippen molar-refractivity contribution in [2.24, 2.45) is 13.0 Å². The summed E-state index contributed by atoms with van der Waals surface area (Å²) < 4.78 is 14.9. The van der Waals surface area contributed by atoms with Gasteiger partial charge in [0.15, 0.2) is 0 Å². The van der Waals surface area contributed by atoms with Crippen molar-refractivity contribution in [3.8, 4) is 0 Å². The molecular formula is C19H25FN4O. The molecule has 1 aliphatic carbocycles. The molecule has 0 bridgehead atoms. The summed E-state index contributed by atoms with van der Waals surface area (Å²) in [5.74, 6) is 0.169. The van der Waals surface area contributed by atoms with E-state index >= 15 is 0 Å². The van der Waals surface area contributed by atoms with Crippen LogP contribution in [-0.2, 0) is 11.8 Å². The molecule has 6 heteroatoms. The standard InChI is InChI=1S/C19H25FN4O/c1-12-18(13(2)24(3)23-12)22-17(25)11-21-19(14-5-4-6-14)15-7-9-16(20)10-8-15/h7-10,14,19,21H,4-6,11H2,1-3H3,(H,22,25)/t19-/m1/s1. The largest absolute Gasteiger partial charge is 0.322 e. The normalized spacial score (nSPS) is 15.7. The summed E-state index contributed by atoms with van der Waals surface area (Å²) in [7, 11) is 1.86. The van der Waals surface area contributed by atoms with Gasteiger partial charge in [0, 0.05) is 13.1 Å². The second kappa shape index (κ2) is 7.35. The Morgan fingerprint density at radius 3 is 2.52 bits per heavy atom. The number of aryl methyl sites for hydroxylation is 2. The van der Waals surface area contributed by atoms with Gasteiger partial charge in [-0.2, -0.15) is 5.10 Å². The summed E-state index contributed by atoms with van der Waals surface area (Å²) in [4.78, 5) is 12.4. The van der Waals surface area contributed by atoms with Crippen LogP contribution in [-0.4, -0.2) is 22.2 Å². The second-order valence-electron chi connectivity index (χ2n) is 6.82. The van der Waals surface area contributed by atoms with Crippen molar-refractivity contribution in [3.63, 3.8) is 0 Å². The van der Waals surface area contributed by atoms with Gasteiger partial charge < -0.3 is 10.6 Å². The minimum Gasteiger partial charge on any atom is -0.322 e. The number of benzene rings is 1. The Hall–Kier alpha value is -2.21. The van der Waals surface area contributed by atoms with E-state index in [4.69, 9.17) is 0 Å². The SMILES string of the molecule is Cc1nn(C)c(C)c1NC(=O)CN[C@@H](c1ccc(F)cc1)C1CCC1. The van der Waals surface area contributed by atoms with Crippen LogP contribution in [0.4, 0.5) is 10.1 Å². The topological polar surface area (TPSA) is 59.0 Å². The van der Waals surface area contributed by atoms with E-state index in [1.165, 1.54) is 18.6 Å². The average molecular weight is 344 g/mol. The predicted molar refractivity (Wildman–Crippen MR) is 95.8 cm³/mol. The number of aromatic nitrogens is 2. The van der Waals surface area contributed by atoms with Crippen molar-refractivity contribution < 1.29 is 9.18 Å². The first-order valence-corrected chi connectivity index (χ1v) is 8.74. The first-order valence-electron chi connectivity index (χ1n) is 8.74. The fourth-order valence-corrected chi connectivity index (χ4v) is 3.34. The van der Waals surface area contributed by atoms with E-state index in [9.17, 15) is 9.18 Å². The Labute approximate surface area is 147 Å². The van der Waals surface area contributed by atoms with Gasteiger partial charge >= 0.3 is 0 Å². The van der Waals surface area contributed by atoms with Crippen LogP contribution in [0.5, 0.6) is 0 Å². The van der Waals surface area contributed by atoms with Crippen molar-refractivity contribution >= 4 is 11.6 Å². The third-order valence-corrected chi connectivity index (χ3v) is 5.11. The maximum Gasteiger partial charge on any atom is 0.238 e. The van der Waals surface area contributed by atoms with Crippen molar-refractivity contribution in [3.05, 3.63) is 47.0 Å². The fraction of sp³-hybridized carbons (Fsp3) is 0.474. The number of hydrogen-bond acceptors (Lipinski definition) is 3. The maximum atomic E-state index is 13.2. The van der Waals surface area contributed by atoms with Crippen LogP contribution in [0.2, 0.25) is 0 Å². The molecule has 1 fully saturated rings. The van der Waals surface area contributed by atoms with E-state index < -0.39 is 0 Å². The van der Waals surface area contributed by atoms with Crippen molar-refractivity contribution in [2.75, 3.05) is 11.9 Å². The summed E-state index contributed by atoms with van der Waals surface area (Å²) in [6.07, 6.45) is 3.49. The molecular weight excluding hydrogens is 319 g/mol. The molecule has 134 valence electrons. The van der Waals surface area contributed by atoms with Gasteiger partial charge in [-0.1, -0.05) is 18.6 Å². The van der Waals surface area contributed by atoms with Gasteiger partial charge in [0.2, 0.25) is 5.91 Å². The molecule has 1 aromatic carbocycles. The summed E-state index contributed by atoms with van der Waals surface area (Å²) >= 11 is 0. The number of rotatable bonds is 6. The molecule has 2 aromatic rings. The van der Waals surface area contributed by atoms with Gasteiger partial charge in [0.25, 0.3) is 0 Å². The van der Waals surface area contributed by atoms with E-state index in [-0.39, 0.29) is 24.3 Å². The highest BCUT2D eigenvalue weighted by Crippen LogP contribution is 2.37. The Morgan fingerprint density at radius 1 is 1.32 bits per heavy atom. The molecule has 3 rings (SSSR count). The Bertz CT molecular complexity index is 750. The molecule has 2 N–H and O–H groups in total. The molecule has 1 atom stereocenters. The molecule has 1 aromatic heterocycles. The minimum absolute atomic E-state index is 0.0798. The van der Waals surface area contributed by atoms with E-state index in [0.717, 1.165) is 35.5 Å². The molecule has 25 heavy (non-hydrogen) atoms. The predicted octanol–water partition coefficient (Wildman–Crippen LogP) is 3.25. The second-order valence-corrected chi connectivity index (χ2v) is 6.82. The van der Waals surface area contributed by atoms with E-state index in [2.05, 4.69) is 15.7 Å². The van der Waals surface area contributed by atoms with Crippen LogP contribution in [0.1, 0.15) is 42.3 Å². The zero-order valence-electron chi connectivity index (χ0n) is 15.0. The number of carbonyl (C=O) groups excluding carboxylic acids is 1. The summed E-state index contributed by atoms with van der Waals surface area (Å²) in [5, 5.41) is 10.6. The van der Waals surface area contributed by atoms with Crippen LogP contribution in [0, 0.1) is 25.6 Å². The van der Waals surface area contributed by atoms with Gasteiger partial charge in [-0.25, -0.2) is 4.39 Å². The molecule has 1 aliphatic rings. The van der Waals surface area contributed by atoms with Crippen molar-refractivity contribution in [1.82, 2.24) is 15.1 Å². The minimum atomic E-state index is -0.239. The summed E-state index contributed by atoms with van der Waals surface area (Å²) in [5.41, 5.74) is 3.55. The Balaban J connectivity index is 1.64. The third-order valence-electron chi connectivity index (χ3n) is 5.11. The van der Waals surface area contributed by atoms with Crippen molar-refractivity contribution in [2.45, 2.75) is 39.2 Å².